The predicted octanol–water partition coefficient (Wildman–Crippen LogP) is 7.49. The normalized spacial score (nSPS) is 11.9. The molecule has 0 radical (unpaired) electrons. The SMILES string of the molecule is O=C(CCN(CCCCS(=O)(=O)O)c1ccc(N=Nc2nc3c(Br)c(Br)c(Br)c(Br)c3s2)cc1)On1c(O)ccc1O. The van der Waals surface area contributed by atoms with E-state index in [0.717, 1.165) is 33.8 Å². The van der Waals surface area contributed by atoms with Gasteiger partial charge in [-0.05, 0) is 101 Å². The molecule has 0 amide bonds. The first kappa shape index (κ1) is 32.8. The Hall–Kier alpha value is -2.09. The molecule has 0 saturated carbocycles. The number of anilines is 1. The summed E-state index contributed by atoms with van der Waals surface area (Å²) in [5, 5.41) is 28.4. The van der Waals surface area contributed by atoms with E-state index in [9.17, 15) is 23.4 Å². The molecule has 0 fully saturated rings. The first-order valence-electron chi connectivity index (χ1n) is 12.0. The molecule has 4 rings (SSSR count). The topological polar surface area (TPSA) is 167 Å². The number of halogens is 4. The number of hydrogen-bond acceptors (Lipinski definition) is 11. The molecule has 3 N–H and O–H groups in total. The number of unbranched alkanes of at least 4 members (excludes halogenated alkanes) is 1. The van der Waals surface area contributed by atoms with E-state index in [1.54, 1.807) is 24.3 Å². The standard InChI is InChI=1S/C24H21Br4N5O7S2/c25-18-19(26)21(28)23-22(20(18)27)29-24(41-23)31-30-13-3-5-14(6-4-13)32(10-1-2-12-42(37,38)39)11-9-17(36)40-33-15(34)7-8-16(33)35/h3-8,34-35H,1-2,9-12H2,(H,37,38,39). The number of thiazole rings is 1. The van der Waals surface area contributed by atoms with Gasteiger partial charge in [-0.2, -0.15) is 8.42 Å². The van der Waals surface area contributed by atoms with Gasteiger partial charge in [0.25, 0.3) is 10.1 Å². The van der Waals surface area contributed by atoms with Gasteiger partial charge < -0.3 is 20.0 Å². The monoisotopic (exact) mass is 871 g/mol. The van der Waals surface area contributed by atoms with Gasteiger partial charge in [-0.15, -0.1) is 15.0 Å². The lowest BCUT2D eigenvalue weighted by Gasteiger charge is -2.24. The number of nitrogens with zero attached hydrogens (tertiary/aromatic N) is 5. The van der Waals surface area contributed by atoms with Gasteiger partial charge in [0.05, 0.1) is 31.5 Å². The van der Waals surface area contributed by atoms with E-state index in [1.165, 1.54) is 23.5 Å². The molecule has 0 bridgehead atoms. The second kappa shape index (κ2) is 14.1. The fourth-order valence-corrected chi connectivity index (χ4v) is 7.80. The van der Waals surface area contributed by atoms with Crippen LogP contribution in [0.1, 0.15) is 19.3 Å². The fraction of sp³-hybridized carbons (Fsp3) is 0.250. The molecule has 18 heteroatoms. The van der Waals surface area contributed by atoms with Crippen LogP contribution < -0.4 is 9.74 Å². The van der Waals surface area contributed by atoms with Crippen molar-refractivity contribution in [3.8, 4) is 11.8 Å². The summed E-state index contributed by atoms with van der Waals surface area (Å²) in [6.45, 7) is 0.569. The Morgan fingerprint density at radius 3 is 2.21 bits per heavy atom. The van der Waals surface area contributed by atoms with Gasteiger partial charge in [-0.3, -0.25) is 4.55 Å². The van der Waals surface area contributed by atoms with Crippen LogP contribution in [0.2, 0.25) is 0 Å². The Kier molecular flexibility index (Phi) is 11.0. The van der Waals surface area contributed by atoms with Crippen molar-refractivity contribution < 1.29 is 32.8 Å². The van der Waals surface area contributed by atoms with Crippen molar-refractivity contribution in [1.82, 2.24) is 9.71 Å². The zero-order chi connectivity index (χ0) is 30.6. The van der Waals surface area contributed by atoms with E-state index in [2.05, 4.69) is 78.9 Å². The van der Waals surface area contributed by atoms with Crippen LogP contribution in [0.4, 0.5) is 16.5 Å². The second-order valence-electron chi connectivity index (χ2n) is 8.68. The van der Waals surface area contributed by atoms with E-state index in [4.69, 9.17) is 9.39 Å². The lowest BCUT2D eigenvalue weighted by atomic mass is 10.2. The van der Waals surface area contributed by atoms with Crippen molar-refractivity contribution in [2.45, 2.75) is 19.3 Å². The fourth-order valence-electron chi connectivity index (χ4n) is 3.70. The van der Waals surface area contributed by atoms with E-state index in [0.29, 0.717) is 28.5 Å². The smallest absolute Gasteiger partial charge is 0.335 e. The summed E-state index contributed by atoms with van der Waals surface area (Å²) < 4.78 is 36.0. The summed E-state index contributed by atoms with van der Waals surface area (Å²) >= 11 is 15.5. The molecule has 0 spiro atoms. The second-order valence-corrected chi connectivity index (χ2v) is 14.4. The Morgan fingerprint density at radius 1 is 0.929 bits per heavy atom. The molecule has 2 aromatic carbocycles. The minimum absolute atomic E-state index is 0.105. The first-order valence-corrected chi connectivity index (χ1v) is 17.6. The largest absolute Gasteiger partial charge is 0.492 e. The number of azo groups is 1. The Labute approximate surface area is 277 Å². The van der Waals surface area contributed by atoms with E-state index in [1.807, 2.05) is 4.90 Å². The van der Waals surface area contributed by atoms with Gasteiger partial charge in [0, 0.05) is 39.9 Å². The maximum atomic E-state index is 12.4. The van der Waals surface area contributed by atoms with Crippen molar-refractivity contribution in [1.29, 1.82) is 0 Å². The highest BCUT2D eigenvalue weighted by molar-refractivity contribution is 9.15. The molecule has 0 unspecified atom stereocenters. The van der Waals surface area contributed by atoms with Gasteiger partial charge in [0.2, 0.25) is 16.9 Å². The average Bonchev–Trinajstić information content (AvgIpc) is 3.52. The molecular formula is C24H21Br4N5O7S2. The third-order valence-electron chi connectivity index (χ3n) is 5.72. The van der Waals surface area contributed by atoms with Crippen LogP contribution >= 0.6 is 75.1 Å². The van der Waals surface area contributed by atoms with Crippen LogP contribution in [0.15, 0.2) is 64.5 Å². The molecule has 0 atom stereocenters. The molecule has 0 aliphatic heterocycles. The van der Waals surface area contributed by atoms with E-state index >= 15 is 0 Å². The number of carbonyl (C=O) groups excluding carboxylic acids is 1. The minimum Gasteiger partial charge on any atom is -0.492 e. The molecule has 42 heavy (non-hydrogen) atoms. The molecule has 4 aromatic rings. The molecule has 2 heterocycles. The minimum atomic E-state index is -4.08. The number of fused-ring (bicyclic) bond motifs is 1. The average molecular weight is 875 g/mol. The van der Waals surface area contributed by atoms with E-state index in [-0.39, 0.29) is 25.1 Å². The lowest BCUT2D eigenvalue weighted by molar-refractivity contribution is -0.145. The summed E-state index contributed by atoms with van der Waals surface area (Å²) in [7, 11) is -4.08. The van der Waals surface area contributed by atoms with Crippen molar-refractivity contribution >= 4 is 118 Å². The number of aromatic hydroxyl groups is 2. The number of benzene rings is 2. The molecule has 0 aliphatic carbocycles. The van der Waals surface area contributed by atoms with E-state index < -0.39 is 27.8 Å². The Morgan fingerprint density at radius 2 is 1.57 bits per heavy atom. The molecule has 2 aromatic heterocycles. The van der Waals surface area contributed by atoms with Crippen molar-refractivity contribution in [2.75, 3.05) is 23.7 Å². The predicted molar refractivity (Wildman–Crippen MR) is 173 cm³/mol. The highest BCUT2D eigenvalue weighted by atomic mass is 79.9. The van der Waals surface area contributed by atoms with Crippen molar-refractivity contribution in [2.24, 2.45) is 10.2 Å². The Bertz CT molecular complexity index is 1680. The van der Waals surface area contributed by atoms with Crippen LogP contribution in [-0.4, -0.2) is 57.7 Å². The Balaban J connectivity index is 1.46. The number of aromatic nitrogens is 2. The lowest BCUT2D eigenvalue weighted by Crippen LogP contribution is -2.30. The van der Waals surface area contributed by atoms with Gasteiger partial charge in [0.1, 0.15) is 5.52 Å². The van der Waals surface area contributed by atoms with Crippen LogP contribution in [0.3, 0.4) is 0 Å². The summed E-state index contributed by atoms with van der Waals surface area (Å²) in [6.07, 6.45) is 0.537. The van der Waals surface area contributed by atoms with Gasteiger partial charge >= 0.3 is 5.97 Å². The summed E-state index contributed by atoms with van der Waals surface area (Å²) in [5.74, 6) is -1.95. The maximum Gasteiger partial charge on any atom is 0.335 e. The zero-order valence-corrected chi connectivity index (χ0v) is 29.2. The molecule has 224 valence electrons. The van der Waals surface area contributed by atoms with Gasteiger partial charge in [-0.25, -0.2) is 9.78 Å². The van der Waals surface area contributed by atoms with Crippen LogP contribution in [0.25, 0.3) is 10.2 Å². The quantitative estimate of drug-likeness (QED) is 0.0430. The maximum absolute atomic E-state index is 12.4. The number of hydrogen-bond donors (Lipinski definition) is 3. The highest BCUT2D eigenvalue weighted by Crippen LogP contribution is 2.46. The zero-order valence-electron chi connectivity index (χ0n) is 21.2. The van der Waals surface area contributed by atoms with Gasteiger partial charge in [0.15, 0.2) is 0 Å². The van der Waals surface area contributed by atoms with Crippen molar-refractivity contribution in [3.63, 3.8) is 0 Å². The van der Waals surface area contributed by atoms with Gasteiger partial charge in [-0.1, -0.05) is 11.3 Å². The molecule has 12 nitrogen and oxygen atoms in total. The molecular weight excluding hydrogens is 854 g/mol. The number of rotatable bonds is 12. The summed E-state index contributed by atoms with van der Waals surface area (Å²) in [5.41, 5.74) is 2.02. The first-order chi connectivity index (χ1) is 19.8. The molecule has 0 saturated heterocycles. The molecule has 0 aliphatic rings. The summed E-state index contributed by atoms with van der Waals surface area (Å²) in [6, 6.07) is 9.40. The van der Waals surface area contributed by atoms with Crippen LogP contribution in [0, 0.1) is 0 Å². The third-order valence-corrected chi connectivity index (χ3v) is 12.5. The third kappa shape index (κ3) is 8.29. The highest BCUT2D eigenvalue weighted by Gasteiger charge is 2.18. The van der Waals surface area contributed by atoms with Crippen LogP contribution in [-0.2, 0) is 14.9 Å². The van der Waals surface area contributed by atoms with Crippen LogP contribution in [0.5, 0.6) is 11.8 Å². The van der Waals surface area contributed by atoms with Crippen molar-refractivity contribution in [3.05, 3.63) is 54.3 Å². The number of carbonyl (C=O) groups is 1. The summed E-state index contributed by atoms with van der Waals surface area (Å²) in [4.78, 5) is 23.8.